The second-order valence-corrected chi connectivity index (χ2v) is 5.47. The van der Waals surface area contributed by atoms with E-state index in [1.54, 1.807) is 12.1 Å². The molecule has 8 heteroatoms. The Labute approximate surface area is 145 Å². The third kappa shape index (κ3) is 4.77. The molecule has 0 radical (unpaired) electrons. The number of hydrogen-bond acceptors (Lipinski definition) is 2. The van der Waals surface area contributed by atoms with Crippen LogP contribution in [-0.2, 0) is 0 Å². The number of piperazine rings is 1. The van der Waals surface area contributed by atoms with E-state index >= 15 is 0 Å². The van der Waals surface area contributed by atoms with Crippen LogP contribution >= 0.6 is 59.6 Å². The van der Waals surface area contributed by atoms with Gasteiger partial charge in [0, 0.05) is 31.2 Å². The van der Waals surface area contributed by atoms with Crippen molar-refractivity contribution in [3.63, 3.8) is 0 Å². The van der Waals surface area contributed by atoms with E-state index in [9.17, 15) is 4.39 Å². The Bertz CT molecular complexity index is 427. The quantitative estimate of drug-likeness (QED) is 0.777. The Morgan fingerprint density at radius 1 is 1.15 bits per heavy atom. The van der Waals surface area contributed by atoms with Crippen LogP contribution < -0.4 is 5.32 Å². The lowest BCUT2D eigenvalue weighted by atomic mass is 10.1. The van der Waals surface area contributed by atoms with Gasteiger partial charge in [0.2, 0.25) is 0 Å². The summed E-state index contributed by atoms with van der Waals surface area (Å²) in [5, 5.41) is 4.47. The van der Waals surface area contributed by atoms with E-state index in [0.29, 0.717) is 20.6 Å². The fourth-order valence-electron chi connectivity index (χ4n) is 2.19. The summed E-state index contributed by atoms with van der Waals surface area (Å²) in [6.07, 6.45) is 0. The molecular weight excluding hydrogens is 368 g/mol. The van der Waals surface area contributed by atoms with Crippen molar-refractivity contribution in [3.8, 4) is 0 Å². The maximum Gasteiger partial charge on any atom is 0.109 e. The van der Waals surface area contributed by atoms with Crippen molar-refractivity contribution in [1.29, 1.82) is 0 Å². The highest BCUT2D eigenvalue weighted by molar-refractivity contribution is 6.43. The minimum Gasteiger partial charge on any atom is -0.314 e. The third-order valence-corrected chi connectivity index (χ3v) is 4.15. The van der Waals surface area contributed by atoms with E-state index in [1.165, 1.54) is 0 Å². The summed E-state index contributed by atoms with van der Waals surface area (Å²) in [5.41, 5.74) is 0.665. The van der Waals surface area contributed by atoms with Gasteiger partial charge in [-0.2, -0.15) is 0 Å². The normalized spacial score (nSPS) is 17.0. The summed E-state index contributed by atoms with van der Waals surface area (Å²) >= 11 is 18.1. The standard InChI is InChI=1S/C12H14Cl3FN2.2ClH/c13-8-5-9(12(15)10(14)6-8)11(7-16)18-3-1-17-2-4-18;;/h5-6,11,17H,1-4,7H2;2*1H/t11-;;/m0../s1. The summed E-state index contributed by atoms with van der Waals surface area (Å²) in [4.78, 5) is 2.06. The summed E-state index contributed by atoms with van der Waals surface area (Å²) in [7, 11) is 0. The summed E-state index contributed by atoms with van der Waals surface area (Å²) in [6, 6.07) is 2.89. The lowest BCUT2D eigenvalue weighted by Gasteiger charge is -2.34. The highest BCUT2D eigenvalue weighted by Gasteiger charge is 2.25. The zero-order valence-electron chi connectivity index (χ0n) is 10.5. The van der Waals surface area contributed by atoms with E-state index in [-0.39, 0.29) is 30.9 Å². The summed E-state index contributed by atoms with van der Waals surface area (Å²) in [6.45, 7) is 2.77. The molecule has 2 rings (SSSR count). The molecule has 1 N–H and O–H groups in total. The molecule has 0 spiro atoms. The van der Waals surface area contributed by atoms with Crippen molar-refractivity contribution in [2.75, 3.05) is 32.9 Å². The van der Waals surface area contributed by atoms with Gasteiger partial charge in [-0.25, -0.2) is 4.39 Å². The molecule has 1 aliphatic rings. The molecule has 1 heterocycles. The highest BCUT2D eigenvalue weighted by atomic mass is 35.5. The Kier molecular flexibility index (Phi) is 9.77. The molecule has 0 unspecified atom stereocenters. The topological polar surface area (TPSA) is 15.3 Å². The molecule has 1 aromatic carbocycles. The van der Waals surface area contributed by atoms with E-state index < -0.39 is 6.67 Å². The molecule has 2 nitrogen and oxygen atoms in total. The maximum atomic E-state index is 13.4. The Morgan fingerprint density at radius 3 is 2.30 bits per heavy atom. The number of benzene rings is 1. The fourth-order valence-corrected chi connectivity index (χ4v) is 2.93. The number of hydrogen-bond donors (Lipinski definition) is 1. The summed E-state index contributed by atoms with van der Waals surface area (Å²) in [5.74, 6) is 0. The lowest BCUT2D eigenvalue weighted by Crippen LogP contribution is -2.45. The monoisotopic (exact) mass is 382 g/mol. The molecule has 20 heavy (non-hydrogen) atoms. The smallest absolute Gasteiger partial charge is 0.109 e. The zero-order valence-corrected chi connectivity index (χ0v) is 14.4. The van der Waals surface area contributed by atoms with Crippen molar-refractivity contribution in [2.45, 2.75) is 6.04 Å². The lowest BCUT2D eigenvalue weighted by molar-refractivity contribution is 0.147. The largest absolute Gasteiger partial charge is 0.314 e. The molecule has 1 aromatic rings. The first-order valence-corrected chi connectivity index (χ1v) is 6.92. The van der Waals surface area contributed by atoms with Gasteiger partial charge >= 0.3 is 0 Å². The van der Waals surface area contributed by atoms with Gasteiger partial charge in [0.05, 0.1) is 16.1 Å². The van der Waals surface area contributed by atoms with E-state index in [0.717, 1.165) is 26.2 Å². The average molecular weight is 385 g/mol. The van der Waals surface area contributed by atoms with Crippen LogP contribution in [-0.4, -0.2) is 37.8 Å². The highest BCUT2D eigenvalue weighted by Crippen LogP contribution is 2.36. The molecule has 0 bridgehead atoms. The SMILES string of the molecule is Cl.Cl.FC[C@@H](c1cc(Cl)cc(Cl)c1Cl)N1CCNCC1. The van der Waals surface area contributed by atoms with Gasteiger partial charge in [0.15, 0.2) is 0 Å². The van der Waals surface area contributed by atoms with Crippen molar-refractivity contribution in [3.05, 3.63) is 32.8 Å². The molecule has 0 aromatic heterocycles. The molecule has 1 saturated heterocycles. The number of nitrogens with one attached hydrogen (secondary N) is 1. The number of nitrogens with zero attached hydrogens (tertiary/aromatic N) is 1. The van der Waals surface area contributed by atoms with Gasteiger partial charge in [-0.05, 0) is 17.7 Å². The minimum absolute atomic E-state index is 0. The van der Waals surface area contributed by atoms with E-state index in [1.807, 2.05) is 0 Å². The molecule has 1 aliphatic heterocycles. The van der Waals surface area contributed by atoms with Gasteiger partial charge in [0.25, 0.3) is 0 Å². The maximum absolute atomic E-state index is 13.4. The van der Waals surface area contributed by atoms with Crippen molar-refractivity contribution >= 4 is 59.6 Å². The first kappa shape index (κ1) is 20.5. The van der Waals surface area contributed by atoms with Gasteiger partial charge in [-0.15, -0.1) is 24.8 Å². The van der Waals surface area contributed by atoms with Gasteiger partial charge in [-0.1, -0.05) is 34.8 Å². The minimum atomic E-state index is -0.504. The van der Waals surface area contributed by atoms with Crippen molar-refractivity contribution in [2.24, 2.45) is 0 Å². The molecular formula is C12H16Cl5FN2. The number of rotatable bonds is 3. The number of halogens is 6. The molecule has 0 saturated carbocycles. The van der Waals surface area contributed by atoms with Crippen LogP contribution in [0.2, 0.25) is 15.1 Å². The van der Waals surface area contributed by atoms with Crippen LogP contribution in [0.1, 0.15) is 11.6 Å². The predicted octanol–water partition coefficient (Wildman–Crippen LogP) is 4.41. The van der Waals surface area contributed by atoms with Crippen LogP contribution in [0.4, 0.5) is 4.39 Å². The Hall–Kier alpha value is 0.520. The predicted molar refractivity (Wildman–Crippen MR) is 89.1 cm³/mol. The zero-order chi connectivity index (χ0) is 13.1. The fraction of sp³-hybridized carbons (Fsp3) is 0.500. The molecule has 0 amide bonds. The number of alkyl halides is 1. The van der Waals surface area contributed by atoms with Gasteiger partial charge < -0.3 is 5.32 Å². The molecule has 1 atom stereocenters. The van der Waals surface area contributed by atoms with Crippen molar-refractivity contribution in [1.82, 2.24) is 10.2 Å². The summed E-state index contributed by atoms with van der Waals surface area (Å²) < 4.78 is 13.4. The molecule has 0 aliphatic carbocycles. The van der Waals surface area contributed by atoms with Crippen LogP contribution in [0.3, 0.4) is 0 Å². The first-order chi connectivity index (χ1) is 8.63. The van der Waals surface area contributed by atoms with Crippen LogP contribution in [0.25, 0.3) is 0 Å². The average Bonchev–Trinajstić information content (AvgIpc) is 2.37. The van der Waals surface area contributed by atoms with Crippen LogP contribution in [0, 0.1) is 0 Å². The van der Waals surface area contributed by atoms with Crippen molar-refractivity contribution < 1.29 is 4.39 Å². The third-order valence-electron chi connectivity index (χ3n) is 3.12. The van der Waals surface area contributed by atoms with Gasteiger partial charge in [-0.3, -0.25) is 4.90 Å². The van der Waals surface area contributed by atoms with E-state index in [4.69, 9.17) is 34.8 Å². The Balaban J connectivity index is 0.00000180. The Morgan fingerprint density at radius 2 is 1.75 bits per heavy atom. The second-order valence-electron chi connectivity index (χ2n) is 4.25. The van der Waals surface area contributed by atoms with Gasteiger partial charge in [0.1, 0.15) is 6.67 Å². The first-order valence-electron chi connectivity index (χ1n) is 5.78. The van der Waals surface area contributed by atoms with Crippen LogP contribution in [0.5, 0.6) is 0 Å². The second kappa shape index (κ2) is 9.52. The molecule has 1 fully saturated rings. The molecule has 116 valence electrons. The van der Waals surface area contributed by atoms with Crippen LogP contribution in [0.15, 0.2) is 12.1 Å². The van der Waals surface area contributed by atoms with E-state index in [2.05, 4.69) is 10.2 Å².